The molecule has 0 saturated heterocycles. The summed E-state index contributed by atoms with van der Waals surface area (Å²) in [6, 6.07) is 7.95. The minimum Gasteiger partial charge on any atom is -0.497 e. The number of rotatable bonds is 5. The van der Waals surface area contributed by atoms with Crippen LogP contribution in [0.25, 0.3) is 0 Å². The number of nitrogens with zero attached hydrogens (tertiary/aromatic N) is 1. The number of aromatic nitrogens is 1. The maximum Gasteiger partial charge on any atom is 0.323 e. The Bertz CT molecular complexity index is 649. The van der Waals surface area contributed by atoms with Crippen molar-refractivity contribution in [1.82, 2.24) is 5.16 Å². The van der Waals surface area contributed by atoms with Crippen molar-refractivity contribution in [2.75, 3.05) is 16.6 Å². The smallest absolute Gasteiger partial charge is 0.323 e. The number of nitrogens with one attached hydrogen (secondary N) is 2. The highest BCUT2D eigenvalue weighted by Gasteiger charge is 2.13. The molecule has 1 aromatic carbocycles. The van der Waals surface area contributed by atoms with Gasteiger partial charge in [-0.2, -0.15) is 8.42 Å². The average molecular weight is 283 g/mol. The second-order valence-electron chi connectivity index (χ2n) is 3.77. The molecule has 0 spiro atoms. The predicted octanol–water partition coefficient (Wildman–Crippen LogP) is 1.76. The van der Waals surface area contributed by atoms with Crippen molar-refractivity contribution in [2.24, 2.45) is 0 Å². The van der Waals surface area contributed by atoms with Crippen LogP contribution in [0.3, 0.4) is 0 Å². The number of hydrogen-bond acceptors (Lipinski definition) is 5. The molecule has 0 atom stereocenters. The SMILES string of the molecule is COc1ccc(NS(=O)(=O)Nc2cc(C)no2)cc1. The van der Waals surface area contributed by atoms with Gasteiger partial charge in [0.2, 0.25) is 5.88 Å². The molecule has 2 rings (SSSR count). The van der Waals surface area contributed by atoms with Gasteiger partial charge in [-0.3, -0.25) is 4.72 Å². The fraction of sp³-hybridized carbons (Fsp3) is 0.182. The van der Waals surface area contributed by atoms with Crippen LogP contribution in [0.4, 0.5) is 11.6 Å². The normalized spacial score (nSPS) is 11.1. The Morgan fingerprint density at radius 1 is 1.21 bits per heavy atom. The van der Waals surface area contributed by atoms with Crippen LogP contribution >= 0.6 is 0 Å². The molecule has 0 unspecified atom stereocenters. The van der Waals surface area contributed by atoms with E-state index < -0.39 is 10.2 Å². The summed E-state index contributed by atoms with van der Waals surface area (Å²) in [7, 11) is -2.23. The van der Waals surface area contributed by atoms with E-state index in [-0.39, 0.29) is 5.88 Å². The van der Waals surface area contributed by atoms with Gasteiger partial charge >= 0.3 is 10.2 Å². The lowest BCUT2D eigenvalue weighted by atomic mass is 10.3. The lowest BCUT2D eigenvalue weighted by Crippen LogP contribution is -2.21. The first-order valence-electron chi connectivity index (χ1n) is 5.36. The van der Waals surface area contributed by atoms with Crippen LogP contribution in [0.2, 0.25) is 0 Å². The van der Waals surface area contributed by atoms with E-state index in [9.17, 15) is 8.42 Å². The molecule has 8 heteroatoms. The lowest BCUT2D eigenvalue weighted by molar-refractivity contribution is 0.415. The van der Waals surface area contributed by atoms with Gasteiger partial charge in [0, 0.05) is 6.07 Å². The zero-order chi connectivity index (χ0) is 13.9. The van der Waals surface area contributed by atoms with E-state index >= 15 is 0 Å². The van der Waals surface area contributed by atoms with Crippen LogP contribution in [-0.4, -0.2) is 20.7 Å². The van der Waals surface area contributed by atoms with Gasteiger partial charge < -0.3 is 9.26 Å². The third kappa shape index (κ3) is 3.62. The van der Waals surface area contributed by atoms with Crippen LogP contribution in [0.5, 0.6) is 5.75 Å². The fourth-order valence-corrected chi connectivity index (χ4v) is 2.24. The Morgan fingerprint density at radius 3 is 2.42 bits per heavy atom. The van der Waals surface area contributed by atoms with E-state index in [1.54, 1.807) is 31.2 Å². The molecule has 7 nitrogen and oxygen atoms in total. The highest BCUT2D eigenvalue weighted by molar-refractivity contribution is 7.94. The third-order valence-electron chi connectivity index (χ3n) is 2.21. The molecule has 0 amide bonds. The summed E-state index contributed by atoms with van der Waals surface area (Å²) < 4.78 is 37.9. The van der Waals surface area contributed by atoms with E-state index in [0.717, 1.165) is 0 Å². The van der Waals surface area contributed by atoms with Crippen LogP contribution in [0.15, 0.2) is 34.9 Å². The van der Waals surface area contributed by atoms with Gasteiger partial charge in [0.25, 0.3) is 0 Å². The lowest BCUT2D eigenvalue weighted by Gasteiger charge is -2.08. The van der Waals surface area contributed by atoms with Crippen molar-refractivity contribution in [3.8, 4) is 5.75 Å². The maximum absolute atomic E-state index is 11.8. The number of anilines is 2. The van der Waals surface area contributed by atoms with Crippen molar-refractivity contribution < 1.29 is 17.7 Å². The quantitative estimate of drug-likeness (QED) is 0.872. The topological polar surface area (TPSA) is 93.5 Å². The average Bonchev–Trinajstić information content (AvgIpc) is 2.74. The third-order valence-corrected chi connectivity index (χ3v) is 3.18. The summed E-state index contributed by atoms with van der Waals surface area (Å²) in [6.07, 6.45) is 0. The van der Waals surface area contributed by atoms with Crippen molar-refractivity contribution in [2.45, 2.75) is 6.92 Å². The van der Waals surface area contributed by atoms with E-state index in [1.165, 1.54) is 13.2 Å². The first-order chi connectivity index (χ1) is 8.98. The molecular weight excluding hydrogens is 270 g/mol. The zero-order valence-electron chi connectivity index (χ0n) is 10.4. The van der Waals surface area contributed by atoms with Crippen molar-refractivity contribution in [1.29, 1.82) is 0 Å². The van der Waals surface area contributed by atoms with Gasteiger partial charge in [0.05, 0.1) is 18.5 Å². The van der Waals surface area contributed by atoms with E-state index in [2.05, 4.69) is 14.6 Å². The van der Waals surface area contributed by atoms with Gasteiger partial charge in [-0.1, -0.05) is 5.16 Å². The van der Waals surface area contributed by atoms with Crippen LogP contribution in [0, 0.1) is 6.92 Å². The van der Waals surface area contributed by atoms with Gasteiger partial charge in [-0.15, -0.1) is 0 Å². The Kier molecular flexibility index (Phi) is 3.61. The summed E-state index contributed by atoms with van der Waals surface area (Å²) in [6.45, 7) is 1.69. The monoisotopic (exact) mass is 283 g/mol. The summed E-state index contributed by atoms with van der Waals surface area (Å²) >= 11 is 0. The molecule has 0 radical (unpaired) electrons. The van der Waals surface area contributed by atoms with Crippen molar-refractivity contribution >= 4 is 21.8 Å². The molecule has 19 heavy (non-hydrogen) atoms. The molecule has 2 N–H and O–H groups in total. The van der Waals surface area contributed by atoms with Crippen LogP contribution < -0.4 is 14.2 Å². The summed E-state index contributed by atoms with van der Waals surface area (Å²) in [5.74, 6) is 0.695. The number of aryl methyl sites for hydroxylation is 1. The largest absolute Gasteiger partial charge is 0.497 e. The predicted molar refractivity (Wildman–Crippen MR) is 70.4 cm³/mol. The zero-order valence-corrected chi connectivity index (χ0v) is 11.2. The highest BCUT2D eigenvalue weighted by Crippen LogP contribution is 2.17. The Hall–Kier alpha value is -2.22. The molecule has 0 aliphatic heterocycles. The molecule has 0 bridgehead atoms. The molecule has 0 saturated carbocycles. The molecule has 102 valence electrons. The molecule has 1 aromatic heterocycles. The fourth-order valence-electron chi connectivity index (χ4n) is 1.38. The Balaban J connectivity index is 2.07. The molecule has 0 aliphatic rings. The van der Waals surface area contributed by atoms with Crippen LogP contribution in [-0.2, 0) is 10.2 Å². The van der Waals surface area contributed by atoms with Gasteiger partial charge in [-0.05, 0) is 31.2 Å². The standard InChI is InChI=1S/C11H13N3O4S/c1-8-7-11(18-12-8)14-19(15,16)13-9-3-5-10(17-2)6-4-9/h3-7,13-14H,1-2H3. The molecule has 0 fully saturated rings. The molecule has 0 aliphatic carbocycles. The highest BCUT2D eigenvalue weighted by atomic mass is 32.2. The maximum atomic E-state index is 11.8. The number of benzene rings is 1. The Morgan fingerprint density at radius 2 is 1.89 bits per heavy atom. The van der Waals surface area contributed by atoms with Crippen molar-refractivity contribution in [3.05, 3.63) is 36.0 Å². The number of methoxy groups -OCH3 is 1. The number of hydrogen-bond donors (Lipinski definition) is 2. The van der Waals surface area contributed by atoms with Gasteiger partial charge in [-0.25, -0.2) is 4.72 Å². The molecular formula is C11H13N3O4S. The van der Waals surface area contributed by atoms with Gasteiger partial charge in [0.15, 0.2) is 0 Å². The van der Waals surface area contributed by atoms with E-state index in [1.807, 2.05) is 0 Å². The number of ether oxygens (including phenoxy) is 1. The minimum absolute atomic E-state index is 0.0542. The van der Waals surface area contributed by atoms with E-state index in [4.69, 9.17) is 9.26 Å². The Labute approximate surface area is 110 Å². The molecule has 2 aromatic rings. The van der Waals surface area contributed by atoms with E-state index in [0.29, 0.717) is 17.1 Å². The summed E-state index contributed by atoms with van der Waals surface area (Å²) in [4.78, 5) is 0. The first-order valence-corrected chi connectivity index (χ1v) is 6.85. The summed E-state index contributed by atoms with van der Waals surface area (Å²) in [5, 5.41) is 3.58. The van der Waals surface area contributed by atoms with Gasteiger partial charge in [0.1, 0.15) is 5.75 Å². The second kappa shape index (κ2) is 5.19. The minimum atomic E-state index is -3.77. The van der Waals surface area contributed by atoms with Crippen LogP contribution in [0.1, 0.15) is 5.69 Å². The van der Waals surface area contributed by atoms with Crippen molar-refractivity contribution in [3.63, 3.8) is 0 Å². The molecule has 1 heterocycles. The second-order valence-corrected chi connectivity index (χ2v) is 5.18. The summed E-state index contributed by atoms with van der Waals surface area (Å²) in [5.41, 5.74) is 0.992. The first kappa shape index (κ1) is 13.2.